The van der Waals surface area contributed by atoms with Crippen LogP contribution in [0, 0.1) is 6.92 Å². The van der Waals surface area contributed by atoms with Gasteiger partial charge in [0.2, 0.25) is 5.13 Å². The number of oxime groups is 1. The third kappa shape index (κ3) is 3.17. The lowest BCUT2D eigenvalue weighted by Gasteiger charge is -2.06. The minimum Gasteiger partial charge on any atom is -0.409 e. The molecule has 9 heteroatoms. The van der Waals surface area contributed by atoms with Gasteiger partial charge < -0.3 is 15.8 Å². The van der Waals surface area contributed by atoms with E-state index in [4.69, 9.17) is 10.9 Å². The maximum atomic E-state index is 8.82. The summed E-state index contributed by atoms with van der Waals surface area (Å²) in [4.78, 5) is 6.29. The van der Waals surface area contributed by atoms with Gasteiger partial charge in [-0.15, -0.1) is 10.2 Å². The number of nitrogens with zero attached hydrogens (tertiary/aromatic N) is 5. The summed E-state index contributed by atoms with van der Waals surface area (Å²) in [5.41, 5.74) is 7.08. The van der Waals surface area contributed by atoms with Crippen molar-refractivity contribution in [3.05, 3.63) is 23.4 Å². The molecule has 0 aliphatic carbocycles. The number of aromatic nitrogens is 3. The van der Waals surface area contributed by atoms with Crippen molar-refractivity contribution in [2.45, 2.75) is 16.3 Å². The SMILES string of the molecule is Cc1ccc(C(N)=NO)c(Sc2nnc(N(C)C)s2)n1. The van der Waals surface area contributed by atoms with Crippen molar-refractivity contribution in [3.63, 3.8) is 0 Å². The van der Waals surface area contributed by atoms with Gasteiger partial charge in [0.05, 0.1) is 5.56 Å². The summed E-state index contributed by atoms with van der Waals surface area (Å²) >= 11 is 2.80. The first-order valence-corrected chi connectivity index (χ1v) is 7.28. The van der Waals surface area contributed by atoms with E-state index in [1.165, 1.54) is 23.1 Å². The minimum atomic E-state index is 0.0253. The third-order valence-corrected chi connectivity index (χ3v) is 4.49. The summed E-state index contributed by atoms with van der Waals surface area (Å²) in [6.45, 7) is 1.88. The molecule has 0 saturated carbocycles. The summed E-state index contributed by atoms with van der Waals surface area (Å²) in [7, 11) is 3.81. The van der Waals surface area contributed by atoms with Gasteiger partial charge in [-0.1, -0.05) is 16.5 Å². The van der Waals surface area contributed by atoms with Gasteiger partial charge in [0.15, 0.2) is 10.2 Å². The predicted molar refractivity (Wildman–Crippen MR) is 79.8 cm³/mol. The lowest BCUT2D eigenvalue weighted by molar-refractivity contribution is 0.318. The van der Waals surface area contributed by atoms with E-state index in [0.717, 1.165) is 15.2 Å². The lowest BCUT2D eigenvalue weighted by atomic mass is 10.2. The molecule has 20 heavy (non-hydrogen) atoms. The van der Waals surface area contributed by atoms with Crippen LogP contribution in [0.2, 0.25) is 0 Å². The van der Waals surface area contributed by atoms with Gasteiger partial charge in [-0.05, 0) is 30.8 Å². The van der Waals surface area contributed by atoms with Crippen LogP contribution in [-0.4, -0.2) is 40.3 Å². The summed E-state index contributed by atoms with van der Waals surface area (Å²) in [6.07, 6.45) is 0. The third-order valence-electron chi connectivity index (χ3n) is 2.35. The first kappa shape index (κ1) is 14.5. The van der Waals surface area contributed by atoms with Crippen molar-refractivity contribution >= 4 is 34.1 Å². The van der Waals surface area contributed by atoms with Crippen molar-refractivity contribution in [2.24, 2.45) is 10.9 Å². The van der Waals surface area contributed by atoms with Gasteiger partial charge in [0, 0.05) is 19.8 Å². The predicted octanol–water partition coefficient (Wildman–Crippen LogP) is 1.55. The number of nitrogens with two attached hydrogens (primary N) is 1. The van der Waals surface area contributed by atoms with Gasteiger partial charge in [-0.25, -0.2) is 4.98 Å². The minimum absolute atomic E-state index is 0.0253. The quantitative estimate of drug-likeness (QED) is 0.382. The highest BCUT2D eigenvalue weighted by Crippen LogP contribution is 2.33. The van der Waals surface area contributed by atoms with Crippen LogP contribution in [-0.2, 0) is 0 Å². The van der Waals surface area contributed by atoms with Crippen molar-refractivity contribution in [1.82, 2.24) is 15.2 Å². The van der Waals surface area contributed by atoms with Crippen molar-refractivity contribution in [3.8, 4) is 0 Å². The molecule has 0 bridgehead atoms. The fraction of sp³-hybridized carbons (Fsp3) is 0.273. The van der Waals surface area contributed by atoms with Crippen LogP contribution >= 0.6 is 23.1 Å². The highest BCUT2D eigenvalue weighted by molar-refractivity contribution is 8.01. The molecule has 7 nitrogen and oxygen atoms in total. The number of hydrogen-bond acceptors (Lipinski definition) is 8. The number of hydrogen-bond donors (Lipinski definition) is 2. The maximum absolute atomic E-state index is 8.82. The number of anilines is 1. The summed E-state index contributed by atoms with van der Waals surface area (Å²) in [5.74, 6) is 0.0253. The zero-order valence-electron chi connectivity index (χ0n) is 11.2. The number of amidine groups is 1. The summed E-state index contributed by atoms with van der Waals surface area (Å²) in [5, 5.41) is 21.5. The van der Waals surface area contributed by atoms with Crippen LogP contribution in [0.15, 0.2) is 26.7 Å². The summed E-state index contributed by atoms with van der Waals surface area (Å²) < 4.78 is 0.749. The van der Waals surface area contributed by atoms with Crippen molar-refractivity contribution in [2.75, 3.05) is 19.0 Å². The largest absolute Gasteiger partial charge is 0.409 e. The second-order valence-corrected chi connectivity index (χ2v) is 6.33. The normalized spacial score (nSPS) is 11.7. The van der Waals surface area contributed by atoms with E-state index < -0.39 is 0 Å². The molecule has 2 aromatic heterocycles. The Bertz CT molecular complexity index is 640. The molecule has 2 aromatic rings. The average molecular weight is 310 g/mol. The second kappa shape index (κ2) is 6.06. The standard InChI is InChI=1S/C11H14N6OS2/c1-6-4-5-7(8(12)16-18)9(13-6)19-11-15-14-10(20-11)17(2)3/h4-5,18H,1-3H3,(H2,12,16). The molecule has 3 N–H and O–H groups in total. The number of pyridine rings is 1. The fourth-order valence-corrected chi connectivity index (χ4v) is 3.22. The van der Waals surface area contributed by atoms with Crippen LogP contribution in [0.4, 0.5) is 5.13 Å². The molecular formula is C11H14N6OS2. The zero-order chi connectivity index (χ0) is 14.7. The Balaban J connectivity index is 2.34. The highest BCUT2D eigenvalue weighted by atomic mass is 32.2. The average Bonchev–Trinajstić information content (AvgIpc) is 2.87. The molecule has 0 spiro atoms. The summed E-state index contributed by atoms with van der Waals surface area (Å²) in [6, 6.07) is 3.58. The molecule has 0 unspecified atom stereocenters. The van der Waals surface area contributed by atoms with Crippen LogP contribution in [0.1, 0.15) is 11.3 Å². The van der Waals surface area contributed by atoms with E-state index in [-0.39, 0.29) is 5.84 Å². The van der Waals surface area contributed by atoms with Crippen molar-refractivity contribution in [1.29, 1.82) is 0 Å². The van der Waals surface area contributed by atoms with E-state index in [0.29, 0.717) is 10.6 Å². The monoisotopic (exact) mass is 310 g/mol. The van der Waals surface area contributed by atoms with Gasteiger partial charge in [0.25, 0.3) is 0 Å². The van der Waals surface area contributed by atoms with E-state index in [1.807, 2.05) is 32.0 Å². The zero-order valence-corrected chi connectivity index (χ0v) is 12.9. The Hall–Kier alpha value is -1.87. The van der Waals surface area contributed by atoms with E-state index in [2.05, 4.69) is 20.3 Å². The Morgan fingerprint density at radius 2 is 2.15 bits per heavy atom. The molecule has 0 saturated heterocycles. The Morgan fingerprint density at radius 3 is 2.75 bits per heavy atom. The van der Waals surface area contributed by atoms with Crippen LogP contribution in [0.3, 0.4) is 0 Å². The van der Waals surface area contributed by atoms with E-state index in [9.17, 15) is 0 Å². The first-order valence-electron chi connectivity index (χ1n) is 5.65. The van der Waals surface area contributed by atoms with Crippen LogP contribution in [0.5, 0.6) is 0 Å². The van der Waals surface area contributed by atoms with Gasteiger partial charge >= 0.3 is 0 Å². The Morgan fingerprint density at radius 1 is 1.40 bits per heavy atom. The Kier molecular flexibility index (Phi) is 4.40. The molecular weight excluding hydrogens is 296 g/mol. The van der Waals surface area contributed by atoms with Gasteiger partial charge in [0.1, 0.15) is 5.03 Å². The van der Waals surface area contributed by atoms with Crippen LogP contribution in [0.25, 0.3) is 0 Å². The fourth-order valence-electron chi connectivity index (χ4n) is 1.37. The van der Waals surface area contributed by atoms with Crippen molar-refractivity contribution < 1.29 is 5.21 Å². The first-order chi connectivity index (χ1) is 9.51. The Labute approximate surface area is 124 Å². The number of rotatable bonds is 4. The molecule has 0 fully saturated rings. The van der Waals surface area contributed by atoms with E-state index >= 15 is 0 Å². The molecule has 0 radical (unpaired) electrons. The molecule has 2 rings (SSSR count). The van der Waals surface area contributed by atoms with Gasteiger partial charge in [-0.3, -0.25) is 0 Å². The van der Waals surface area contributed by atoms with Crippen LogP contribution < -0.4 is 10.6 Å². The van der Waals surface area contributed by atoms with Gasteiger partial charge in [-0.2, -0.15) is 0 Å². The maximum Gasteiger partial charge on any atom is 0.208 e. The topological polar surface area (TPSA) is 101 Å². The molecule has 0 aliphatic heterocycles. The molecule has 2 heterocycles. The highest BCUT2D eigenvalue weighted by Gasteiger charge is 2.14. The lowest BCUT2D eigenvalue weighted by Crippen LogP contribution is -2.15. The van der Waals surface area contributed by atoms with E-state index in [1.54, 1.807) is 6.07 Å². The molecule has 0 amide bonds. The molecule has 0 aliphatic rings. The molecule has 0 aromatic carbocycles. The second-order valence-electron chi connectivity index (χ2n) is 4.14. The number of aryl methyl sites for hydroxylation is 1. The smallest absolute Gasteiger partial charge is 0.208 e. The molecule has 106 valence electrons. The molecule has 0 atom stereocenters.